The van der Waals surface area contributed by atoms with Gasteiger partial charge in [0.25, 0.3) is 0 Å². The minimum atomic E-state index is -0.782. The largest absolute Gasteiger partial charge is 0.462 e. The van der Waals surface area contributed by atoms with E-state index >= 15 is 0 Å². The van der Waals surface area contributed by atoms with Crippen molar-refractivity contribution >= 4 is 17.9 Å². The highest BCUT2D eigenvalue weighted by atomic mass is 16.6. The summed E-state index contributed by atoms with van der Waals surface area (Å²) in [6.45, 7) is 6.58. The van der Waals surface area contributed by atoms with Crippen molar-refractivity contribution in [1.82, 2.24) is 0 Å². The number of carbonyl (C=O) groups excluding carboxylic acids is 3. The fraction of sp³-hybridized carbons (Fsp3) is 0.827. The highest BCUT2D eigenvalue weighted by Crippen LogP contribution is 2.15. The van der Waals surface area contributed by atoms with Crippen LogP contribution in [-0.2, 0) is 28.6 Å². The molecule has 0 fully saturated rings. The molecule has 0 aromatic heterocycles. The molecule has 0 aromatic carbocycles. The topological polar surface area (TPSA) is 78.9 Å². The number of rotatable bonds is 45. The van der Waals surface area contributed by atoms with E-state index in [9.17, 15) is 14.4 Å². The monoisotopic (exact) mass is 815 g/mol. The first-order valence-electron chi connectivity index (χ1n) is 25.0. The van der Waals surface area contributed by atoms with Gasteiger partial charge in [0.05, 0.1) is 0 Å². The number of unbranched alkanes of at least 4 members (excludes halogenated alkanes) is 29. The predicted octanol–water partition coefficient (Wildman–Crippen LogP) is 16.1. The Bertz CT molecular complexity index is 984. The molecule has 0 rings (SSSR count). The van der Waals surface area contributed by atoms with Crippen LogP contribution in [0, 0.1) is 0 Å². The smallest absolute Gasteiger partial charge is 0.306 e. The van der Waals surface area contributed by atoms with Crippen molar-refractivity contribution in [2.45, 2.75) is 264 Å². The molecular weight excluding hydrogens is 721 g/mol. The Morgan fingerprint density at radius 2 is 0.621 bits per heavy atom. The zero-order valence-corrected chi connectivity index (χ0v) is 38.6. The maximum Gasteiger partial charge on any atom is 0.306 e. The molecule has 0 aromatic rings. The van der Waals surface area contributed by atoms with Crippen LogP contribution in [0.15, 0.2) is 36.5 Å². The Morgan fingerprint density at radius 3 is 1.02 bits per heavy atom. The average molecular weight is 815 g/mol. The van der Waals surface area contributed by atoms with Crippen LogP contribution in [0.2, 0.25) is 0 Å². The lowest BCUT2D eigenvalue weighted by Gasteiger charge is -2.18. The third-order valence-corrected chi connectivity index (χ3v) is 10.9. The summed E-state index contributed by atoms with van der Waals surface area (Å²) in [5.74, 6) is -0.912. The minimum Gasteiger partial charge on any atom is -0.462 e. The highest BCUT2D eigenvalue weighted by molar-refractivity contribution is 5.71. The lowest BCUT2D eigenvalue weighted by Crippen LogP contribution is -2.30. The van der Waals surface area contributed by atoms with E-state index in [1.807, 2.05) is 0 Å². The molecule has 0 saturated heterocycles. The molecule has 0 heterocycles. The standard InChI is InChI=1S/C52H94O6/c1-4-7-10-13-16-19-22-25-26-27-28-31-33-36-39-42-45-51(54)57-48-49(58-52(55)46-43-40-37-34-30-24-21-18-15-12-9-6-3)47-56-50(53)44-41-38-35-32-29-23-20-17-14-11-8-5-2/h18,21,26-28,31,49H,4-17,19-20,22-25,29-30,32-48H2,1-3H3/b21-18-,27-26-,31-28-. The molecule has 0 spiro atoms. The van der Waals surface area contributed by atoms with E-state index < -0.39 is 6.10 Å². The van der Waals surface area contributed by atoms with Gasteiger partial charge in [-0.2, -0.15) is 0 Å². The van der Waals surface area contributed by atoms with Crippen LogP contribution in [0.3, 0.4) is 0 Å². The van der Waals surface area contributed by atoms with E-state index in [4.69, 9.17) is 14.2 Å². The molecule has 338 valence electrons. The molecule has 0 aliphatic carbocycles. The number of carbonyl (C=O) groups is 3. The van der Waals surface area contributed by atoms with E-state index in [0.29, 0.717) is 19.3 Å². The molecule has 0 N–H and O–H groups in total. The SMILES string of the molecule is CCCCC/C=C\CCCCCCCC(=O)OC(COC(=O)CCCCC/C=C\C=C/CCCCCCCCC)COC(=O)CCCCCCCCCCCCCC. The zero-order valence-electron chi connectivity index (χ0n) is 38.6. The van der Waals surface area contributed by atoms with Crippen molar-refractivity contribution in [3.05, 3.63) is 36.5 Å². The van der Waals surface area contributed by atoms with Gasteiger partial charge in [0, 0.05) is 19.3 Å². The van der Waals surface area contributed by atoms with Gasteiger partial charge in [-0.05, 0) is 70.6 Å². The van der Waals surface area contributed by atoms with Gasteiger partial charge in [0.1, 0.15) is 13.2 Å². The Balaban J connectivity index is 4.40. The Morgan fingerprint density at radius 1 is 0.345 bits per heavy atom. The van der Waals surface area contributed by atoms with Crippen LogP contribution in [0.1, 0.15) is 258 Å². The predicted molar refractivity (Wildman–Crippen MR) is 247 cm³/mol. The summed E-state index contributed by atoms with van der Waals surface area (Å²) in [6.07, 6.45) is 54.1. The quantitative estimate of drug-likeness (QED) is 0.0200. The molecule has 58 heavy (non-hydrogen) atoms. The van der Waals surface area contributed by atoms with Crippen molar-refractivity contribution in [1.29, 1.82) is 0 Å². The van der Waals surface area contributed by atoms with Crippen molar-refractivity contribution in [3.8, 4) is 0 Å². The van der Waals surface area contributed by atoms with Gasteiger partial charge >= 0.3 is 17.9 Å². The molecule has 0 saturated carbocycles. The van der Waals surface area contributed by atoms with Gasteiger partial charge in [-0.15, -0.1) is 0 Å². The molecule has 6 heteroatoms. The fourth-order valence-electron chi connectivity index (χ4n) is 7.07. The van der Waals surface area contributed by atoms with E-state index in [1.165, 1.54) is 135 Å². The highest BCUT2D eigenvalue weighted by Gasteiger charge is 2.19. The summed E-state index contributed by atoms with van der Waals surface area (Å²) < 4.78 is 16.7. The summed E-state index contributed by atoms with van der Waals surface area (Å²) in [5, 5.41) is 0. The first kappa shape index (κ1) is 55.6. The number of esters is 3. The molecule has 0 radical (unpaired) electrons. The summed E-state index contributed by atoms with van der Waals surface area (Å²) in [5.41, 5.74) is 0. The van der Waals surface area contributed by atoms with E-state index in [1.54, 1.807) is 0 Å². The zero-order chi connectivity index (χ0) is 42.3. The molecule has 1 unspecified atom stereocenters. The second-order valence-corrected chi connectivity index (χ2v) is 16.8. The van der Waals surface area contributed by atoms with Gasteiger partial charge in [0.15, 0.2) is 6.10 Å². The van der Waals surface area contributed by atoms with Gasteiger partial charge in [-0.3, -0.25) is 14.4 Å². The van der Waals surface area contributed by atoms with Gasteiger partial charge in [-0.1, -0.05) is 205 Å². The Labute approximate surface area is 359 Å². The second-order valence-electron chi connectivity index (χ2n) is 16.8. The van der Waals surface area contributed by atoms with Gasteiger partial charge < -0.3 is 14.2 Å². The normalized spacial score (nSPS) is 12.3. The number of hydrogen-bond acceptors (Lipinski definition) is 6. The summed E-state index contributed by atoms with van der Waals surface area (Å²) >= 11 is 0. The van der Waals surface area contributed by atoms with E-state index in [0.717, 1.165) is 83.5 Å². The number of ether oxygens (including phenoxy) is 3. The van der Waals surface area contributed by atoms with Crippen LogP contribution in [-0.4, -0.2) is 37.2 Å². The average Bonchev–Trinajstić information content (AvgIpc) is 3.22. The summed E-state index contributed by atoms with van der Waals surface area (Å²) in [4.78, 5) is 37.8. The molecule has 0 aliphatic heterocycles. The van der Waals surface area contributed by atoms with Gasteiger partial charge in [0.2, 0.25) is 0 Å². The maximum atomic E-state index is 12.7. The lowest BCUT2D eigenvalue weighted by molar-refractivity contribution is -0.167. The van der Waals surface area contributed by atoms with Crippen LogP contribution in [0.4, 0.5) is 0 Å². The Hall–Kier alpha value is -2.37. The lowest BCUT2D eigenvalue weighted by atomic mass is 10.0. The fourth-order valence-corrected chi connectivity index (χ4v) is 7.07. The molecule has 0 amide bonds. The maximum absolute atomic E-state index is 12.7. The molecule has 0 bridgehead atoms. The molecule has 1 atom stereocenters. The number of allylic oxidation sites excluding steroid dienone is 6. The van der Waals surface area contributed by atoms with Crippen molar-refractivity contribution in [2.24, 2.45) is 0 Å². The molecular formula is C52H94O6. The summed E-state index contributed by atoms with van der Waals surface area (Å²) in [6, 6.07) is 0. The van der Waals surface area contributed by atoms with Crippen LogP contribution < -0.4 is 0 Å². The van der Waals surface area contributed by atoms with E-state index in [-0.39, 0.29) is 31.1 Å². The van der Waals surface area contributed by atoms with E-state index in [2.05, 4.69) is 57.2 Å². The van der Waals surface area contributed by atoms with Crippen LogP contribution in [0.5, 0.6) is 0 Å². The first-order valence-corrected chi connectivity index (χ1v) is 25.0. The minimum absolute atomic E-state index is 0.0814. The summed E-state index contributed by atoms with van der Waals surface area (Å²) in [7, 11) is 0. The first-order chi connectivity index (χ1) is 28.5. The van der Waals surface area contributed by atoms with Gasteiger partial charge in [-0.25, -0.2) is 0 Å². The third-order valence-electron chi connectivity index (χ3n) is 10.9. The number of hydrogen-bond donors (Lipinski definition) is 0. The molecule has 6 nitrogen and oxygen atoms in total. The third kappa shape index (κ3) is 44.7. The van der Waals surface area contributed by atoms with Crippen molar-refractivity contribution < 1.29 is 28.6 Å². The Kier molecular flexibility index (Phi) is 45.4. The second kappa shape index (κ2) is 47.3. The van der Waals surface area contributed by atoms with Crippen molar-refractivity contribution in [2.75, 3.05) is 13.2 Å². The van der Waals surface area contributed by atoms with Crippen LogP contribution >= 0.6 is 0 Å². The molecule has 0 aliphatic rings. The van der Waals surface area contributed by atoms with Crippen LogP contribution in [0.25, 0.3) is 0 Å². The van der Waals surface area contributed by atoms with Crippen molar-refractivity contribution in [3.63, 3.8) is 0 Å².